The summed E-state index contributed by atoms with van der Waals surface area (Å²) in [6.07, 6.45) is 0. The van der Waals surface area contributed by atoms with Gasteiger partial charge in [0.25, 0.3) is 0 Å². The Morgan fingerprint density at radius 3 is 1.31 bits per heavy atom. The molecule has 11 rings (SSSR count). The highest BCUT2D eigenvalue weighted by Crippen LogP contribution is 2.36. The number of hydrogen-bond donors (Lipinski definition) is 0. The van der Waals surface area contributed by atoms with Crippen LogP contribution in [0.5, 0.6) is 0 Å². The highest BCUT2D eigenvalue weighted by molar-refractivity contribution is 7.20. The smallest absolute Gasteiger partial charge is 0.179 e. The van der Waals surface area contributed by atoms with E-state index < -0.39 is 38.3 Å². The summed E-state index contributed by atoms with van der Waals surface area (Å²) in [6, 6.07) is 38.7. The predicted octanol–water partition coefficient (Wildman–Crippen LogP) is 11.2. The molecule has 2 aromatic heterocycles. The zero-order valence-electron chi connectivity index (χ0n) is 45.2. The van der Waals surface area contributed by atoms with Crippen LogP contribution in [0.4, 0.5) is 0 Å². The lowest BCUT2D eigenvalue weighted by Crippen LogP contribution is -2.74. The molecule has 0 spiro atoms. The second-order valence-electron chi connectivity index (χ2n) is 14.3. The lowest BCUT2D eigenvalue weighted by Gasteiger charge is -2.34. The third-order valence-electron chi connectivity index (χ3n) is 11.0. The maximum absolute atomic E-state index is 10.5. The summed E-state index contributed by atoms with van der Waals surface area (Å²) in [5.41, 5.74) is 2.58. The van der Waals surface area contributed by atoms with Crippen LogP contribution < -0.4 is 20.7 Å². The van der Waals surface area contributed by atoms with Crippen LogP contribution >= 0.6 is 0 Å². The van der Waals surface area contributed by atoms with Crippen LogP contribution in [0.2, 0.25) is 0 Å². The quantitative estimate of drug-likeness (QED) is 0.113. The van der Waals surface area contributed by atoms with E-state index in [1.807, 2.05) is 103 Å². The topological polar surface area (TPSA) is 9.86 Å². The molecule has 11 aromatic rings. The molecule has 0 amide bonds. The van der Waals surface area contributed by atoms with Gasteiger partial charge in [-0.05, 0) is 92.8 Å². The highest BCUT2D eigenvalue weighted by Gasteiger charge is 2.41. The van der Waals surface area contributed by atoms with Gasteiger partial charge in [-0.2, -0.15) is 0 Å². The molecule has 0 aliphatic heterocycles. The molecule has 0 bridgehead atoms. The Morgan fingerprint density at radius 1 is 0.379 bits per heavy atom. The van der Waals surface area contributed by atoms with E-state index in [2.05, 4.69) is 0 Å². The van der Waals surface area contributed by atoms with Gasteiger partial charge in [0.05, 0.1) is 41.3 Å². The average molecular weight is 771 g/mol. The number of benzene rings is 9. The average Bonchev–Trinajstić information content (AvgIpc) is 3.97. The first kappa shape index (κ1) is 22.5. The zero-order chi connectivity index (χ0) is 50.8. The molecule has 0 fully saturated rings. The standard InChI is InChI=1S/C55H40N2Si/c1-39-31-33-50-48-27-11-13-29-52(48)56(54(50)35-39)42-19-15-17-40(36-42)41-18-16-20-43(37-41)57-53-30-14-12-28-49(53)51-34-32-47(38-55(51)57)58(44-21-5-2-6-22-44,45-23-7-3-8-24-45)46-25-9-4-10-26-46/h2-38H,1H3/i11D,12D,13D,14D,27D,28D,29D,30D,31D,32D,33D,34D,35D,38D. The molecule has 58 heavy (non-hydrogen) atoms. The fraction of sp³-hybridized carbons (Fsp3) is 0.0182. The van der Waals surface area contributed by atoms with Gasteiger partial charge in [-0.3, -0.25) is 0 Å². The van der Waals surface area contributed by atoms with Gasteiger partial charge in [-0.25, -0.2) is 0 Å². The fourth-order valence-electron chi connectivity index (χ4n) is 8.46. The number of para-hydroxylation sites is 2. The van der Waals surface area contributed by atoms with E-state index in [1.54, 1.807) is 52.5 Å². The summed E-state index contributed by atoms with van der Waals surface area (Å²) in [7, 11) is -3.69. The minimum absolute atomic E-state index is 0.00960. The molecule has 3 heteroatoms. The van der Waals surface area contributed by atoms with Crippen LogP contribution in [0.3, 0.4) is 0 Å². The molecule has 0 aliphatic carbocycles. The fourth-order valence-corrected chi connectivity index (χ4v) is 13.0. The second-order valence-corrected chi connectivity index (χ2v) is 18.0. The number of fused-ring (bicyclic) bond motifs is 6. The Labute approximate surface area is 359 Å². The summed E-state index contributed by atoms with van der Waals surface area (Å²) in [5.74, 6) is 0. The first-order valence-electron chi connectivity index (χ1n) is 26.0. The summed E-state index contributed by atoms with van der Waals surface area (Å²) in [4.78, 5) is 0. The van der Waals surface area contributed by atoms with Crippen molar-refractivity contribution in [1.29, 1.82) is 0 Å². The lowest BCUT2D eigenvalue weighted by atomic mass is 10.0. The minimum atomic E-state index is -3.69. The number of rotatable bonds is 7. The number of nitrogens with zero attached hydrogens (tertiary/aromatic N) is 2. The Bertz CT molecular complexity index is 3930. The SMILES string of the molecule is [2H]c1c([2H])c([2H])c2c(c1[2H])c1c([2H])c([2H])c(C)c([2H])c1n2-c1cccc(-c2cccc(-n3c4c([2H])c([2H])c([2H])c([2H])c4c4c([2H])c([2H])c([Si](c5ccccc5)(c5ccccc5)c5ccccc5)c([2H])c43)c2)c1. The molecule has 0 aliphatic rings. The minimum Gasteiger partial charge on any atom is -0.309 e. The van der Waals surface area contributed by atoms with Crippen LogP contribution in [-0.2, 0) is 0 Å². The molecule has 0 N–H and O–H groups in total. The molecule has 274 valence electrons. The van der Waals surface area contributed by atoms with Crippen molar-refractivity contribution < 1.29 is 19.2 Å². The van der Waals surface area contributed by atoms with E-state index >= 15 is 0 Å². The Hall–Kier alpha value is -7.20. The molecule has 0 atom stereocenters. The van der Waals surface area contributed by atoms with Crippen molar-refractivity contribution in [2.24, 2.45) is 0 Å². The van der Waals surface area contributed by atoms with Crippen molar-refractivity contribution >= 4 is 72.4 Å². The van der Waals surface area contributed by atoms with E-state index in [0.717, 1.165) is 15.6 Å². The largest absolute Gasteiger partial charge is 0.309 e. The van der Waals surface area contributed by atoms with Gasteiger partial charge >= 0.3 is 0 Å². The molecule has 0 saturated carbocycles. The van der Waals surface area contributed by atoms with Gasteiger partial charge in [-0.15, -0.1) is 0 Å². The van der Waals surface area contributed by atoms with Gasteiger partial charge < -0.3 is 9.13 Å². The summed E-state index contributed by atoms with van der Waals surface area (Å²) in [6.45, 7) is 1.56. The Morgan fingerprint density at radius 2 is 0.810 bits per heavy atom. The lowest BCUT2D eigenvalue weighted by molar-refractivity contribution is 1.17. The molecule has 0 saturated heterocycles. The van der Waals surface area contributed by atoms with Crippen LogP contribution in [0.1, 0.15) is 24.8 Å². The molecule has 0 unspecified atom stereocenters. The molecule has 0 radical (unpaired) electrons. The van der Waals surface area contributed by atoms with Gasteiger partial charge in [0.1, 0.15) is 0 Å². The third kappa shape index (κ3) is 5.32. The van der Waals surface area contributed by atoms with Crippen molar-refractivity contribution in [3.63, 3.8) is 0 Å². The van der Waals surface area contributed by atoms with Crippen LogP contribution in [0.25, 0.3) is 66.1 Å². The zero-order valence-corrected chi connectivity index (χ0v) is 32.2. The second kappa shape index (κ2) is 13.8. The van der Waals surface area contributed by atoms with Gasteiger partial charge in [-0.1, -0.05) is 176 Å². The number of hydrogen-bond acceptors (Lipinski definition) is 0. The van der Waals surface area contributed by atoms with Crippen LogP contribution in [0, 0.1) is 6.92 Å². The van der Waals surface area contributed by atoms with E-state index in [0.29, 0.717) is 27.7 Å². The van der Waals surface area contributed by atoms with Crippen molar-refractivity contribution in [2.45, 2.75) is 6.92 Å². The number of aromatic nitrogens is 2. The van der Waals surface area contributed by atoms with Crippen molar-refractivity contribution in [3.05, 3.63) is 230 Å². The summed E-state index contributed by atoms with van der Waals surface area (Å²) < 4.78 is 132. The first-order chi connectivity index (χ1) is 34.5. The Kier molecular flexibility index (Phi) is 5.35. The van der Waals surface area contributed by atoms with Crippen LogP contribution in [-0.4, -0.2) is 17.2 Å². The summed E-state index contributed by atoms with van der Waals surface area (Å²) in [5, 5.41) is 3.05. The van der Waals surface area contributed by atoms with Crippen molar-refractivity contribution in [2.75, 3.05) is 0 Å². The Balaban J connectivity index is 1.23. The van der Waals surface area contributed by atoms with Gasteiger partial charge in [0.15, 0.2) is 8.07 Å². The monoisotopic (exact) mass is 770 g/mol. The maximum Gasteiger partial charge on any atom is 0.179 e. The van der Waals surface area contributed by atoms with E-state index in [1.165, 1.54) is 0 Å². The maximum atomic E-state index is 10.5. The highest BCUT2D eigenvalue weighted by atomic mass is 28.3. The van der Waals surface area contributed by atoms with Gasteiger partial charge in [0.2, 0.25) is 0 Å². The van der Waals surface area contributed by atoms with Crippen molar-refractivity contribution in [3.8, 4) is 22.5 Å². The van der Waals surface area contributed by atoms with Gasteiger partial charge in [0, 0.05) is 32.9 Å². The van der Waals surface area contributed by atoms with Crippen LogP contribution in [0.15, 0.2) is 224 Å². The van der Waals surface area contributed by atoms with E-state index in [4.69, 9.17) is 11.0 Å². The first-order valence-corrected chi connectivity index (χ1v) is 21.0. The van der Waals surface area contributed by atoms with E-state index in [9.17, 15) is 8.22 Å². The molecular formula is C55H40N2Si. The van der Waals surface area contributed by atoms with E-state index in [-0.39, 0.29) is 104 Å². The normalized spacial score (nSPS) is 15.3. The summed E-state index contributed by atoms with van der Waals surface area (Å²) >= 11 is 0. The molecule has 9 aromatic carbocycles. The predicted molar refractivity (Wildman–Crippen MR) is 249 cm³/mol. The molecular weight excluding hydrogens is 717 g/mol. The van der Waals surface area contributed by atoms with Crippen molar-refractivity contribution in [1.82, 2.24) is 9.13 Å². The molecule has 2 nitrogen and oxygen atoms in total. The third-order valence-corrected chi connectivity index (χ3v) is 15.6. The molecule has 2 heterocycles.